The molecule has 23 heavy (non-hydrogen) atoms. The van der Waals surface area contributed by atoms with E-state index in [2.05, 4.69) is 25.2 Å². The van der Waals surface area contributed by atoms with Crippen molar-refractivity contribution in [1.29, 1.82) is 0 Å². The molecule has 0 saturated carbocycles. The van der Waals surface area contributed by atoms with E-state index in [1.54, 1.807) is 15.9 Å². The Kier molecular flexibility index (Phi) is 3.58. The predicted octanol–water partition coefficient (Wildman–Crippen LogP) is 3.14. The first-order valence-corrected chi connectivity index (χ1v) is 8.76. The molecule has 0 aliphatic carbocycles. The van der Waals surface area contributed by atoms with Crippen LogP contribution in [0.25, 0.3) is 16.5 Å². The number of hydrogen-bond donors (Lipinski definition) is 0. The Morgan fingerprint density at radius 3 is 3.00 bits per heavy atom. The van der Waals surface area contributed by atoms with Crippen molar-refractivity contribution in [1.82, 2.24) is 29.7 Å². The maximum atomic E-state index is 5.27. The summed E-state index contributed by atoms with van der Waals surface area (Å²) in [6.45, 7) is 3.93. The number of thioether (sulfide) groups is 1. The fraction of sp³-hybridized carbons (Fsp3) is 0.214. The van der Waals surface area contributed by atoms with Gasteiger partial charge in [-0.25, -0.2) is 9.50 Å². The number of hydrogen-bond acceptors (Lipinski definition) is 8. The van der Waals surface area contributed by atoms with Crippen molar-refractivity contribution in [2.24, 2.45) is 0 Å². The molecule has 0 amide bonds. The molecule has 4 aromatic rings. The summed E-state index contributed by atoms with van der Waals surface area (Å²) in [5.41, 5.74) is 1.93. The molecule has 0 N–H and O–H groups in total. The smallest absolute Gasteiger partial charge is 0.268 e. The Morgan fingerprint density at radius 2 is 2.17 bits per heavy atom. The highest BCUT2D eigenvalue weighted by Gasteiger charge is 2.12. The van der Waals surface area contributed by atoms with Crippen LogP contribution < -0.4 is 0 Å². The maximum Gasteiger partial charge on any atom is 0.268 e. The molecular weight excluding hydrogens is 332 g/mol. The van der Waals surface area contributed by atoms with Gasteiger partial charge in [-0.15, -0.1) is 16.4 Å². The summed E-state index contributed by atoms with van der Waals surface area (Å²) in [5, 5.41) is 11.1. The van der Waals surface area contributed by atoms with E-state index in [1.807, 2.05) is 37.4 Å². The molecule has 0 fully saturated rings. The topological polar surface area (TPSA) is 82.0 Å². The van der Waals surface area contributed by atoms with Crippen LogP contribution in [0.1, 0.15) is 17.2 Å². The van der Waals surface area contributed by atoms with Gasteiger partial charge in [0.1, 0.15) is 0 Å². The van der Waals surface area contributed by atoms with Gasteiger partial charge in [0.15, 0.2) is 5.82 Å². The van der Waals surface area contributed by atoms with E-state index in [0.29, 0.717) is 28.4 Å². The van der Waals surface area contributed by atoms with Crippen LogP contribution in [0.2, 0.25) is 0 Å². The monoisotopic (exact) mass is 344 g/mol. The minimum absolute atomic E-state index is 0.545. The minimum Gasteiger partial charge on any atom is -0.333 e. The Balaban J connectivity index is 1.52. The van der Waals surface area contributed by atoms with Crippen LogP contribution in [0.4, 0.5) is 0 Å². The van der Waals surface area contributed by atoms with Gasteiger partial charge in [-0.1, -0.05) is 23.0 Å². The second kappa shape index (κ2) is 5.74. The lowest BCUT2D eigenvalue weighted by molar-refractivity contribution is 0.426. The minimum atomic E-state index is 0.545. The lowest BCUT2D eigenvalue weighted by Crippen LogP contribution is -1.97. The fourth-order valence-corrected chi connectivity index (χ4v) is 3.46. The van der Waals surface area contributed by atoms with Gasteiger partial charge < -0.3 is 4.52 Å². The van der Waals surface area contributed by atoms with E-state index in [9.17, 15) is 0 Å². The van der Waals surface area contributed by atoms with Crippen molar-refractivity contribution in [3.63, 3.8) is 0 Å². The molecular formula is C14H12N6OS2. The summed E-state index contributed by atoms with van der Waals surface area (Å²) < 4.78 is 7.01. The zero-order chi connectivity index (χ0) is 15.8. The molecule has 116 valence electrons. The molecule has 4 heterocycles. The molecule has 7 nitrogen and oxygen atoms in total. The molecule has 0 atom stereocenters. The summed E-state index contributed by atoms with van der Waals surface area (Å²) in [6, 6.07) is 5.88. The zero-order valence-corrected chi connectivity index (χ0v) is 14.1. The Labute approximate surface area is 139 Å². The van der Waals surface area contributed by atoms with Gasteiger partial charge >= 0.3 is 0 Å². The molecule has 0 aromatic carbocycles. The van der Waals surface area contributed by atoms with Crippen molar-refractivity contribution in [3.8, 4) is 10.8 Å². The Morgan fingerprint density at radius 1 is 1.26 bits per heavy atom. The molecule has 0 saturated heterocycles. The summed E-state index contributed by atoms with van der Waals surface area (Å²) >= 11 is 3.03. The summed E-state index contributed by atoms with van der Waals surface area (Å²) in [5.74, 6) is 2.33. The summed E-state index contributed by atoms with van der Waals surface area (Å²) in [4.78, 5) is 14.2. The van der Waals surface area contributed by atoms with E-state index < -0.39 is 0 Å². The van der Waals surface area contributed by atoms with Gasteiger partial charge in [0.2, 0.25) is 5.16 Å². The van der Waals surface area contributed by atoms with Crippen molar-refractivity contribution < 1.29 is 4.52 Å². The number of nitrogens with zero attached hydrogens (tertiary/aromatic N) is 6. The van der Waals surface area contributed by atoms with E-state index in [-0.39, 0.29) is 0 Å². The molecule has 0 spiro atoms. The third-order valence-electron chi connectivity index (χ3n) is 3.13. The van der Waals surface area contributed by atoms with Gasteiger partial charge in [0, 0.05) is 11.4 Å². The van der Waals surface area contributed by atoms with Crippen molar-refractivity contribution >= 4 is 28.9 Å². The average molecular weight is 344 g/mol. The van der Waals surface area contributed by atoms with Crippen molar-refractivity contribution in [2.45, 2.75) is 24.8 Å². The van der Waals surface area contributed by atoms with Gasteiger partial charge in [-0.2, -0.15) is 9.97 Å². The molecule has 0 radical (unpaired) electrons. The number of aryl methyl sites for hydroxylation is 2. The lowest BCUT2D eigenvalue weighted by atomic mass is 10.4. The predicted molar refractivity (Wildman–Crippen MR) is 87.4 cm³/mol. The number of rotatable bonds is 4. The van der Waals surface area contributed by atoms with Crippen LogP contribution in [0, 0.1) is 13.8 Å². The number of fused-ring (bicyclic) bond motifs is 1. The van der Waals surface area contributed by atoms with E-state index >= 15 is 0 Å². The molecule has 0 aliphatic rings. The van der Waals surface area contributed by atoms with Crippen LogP contribution in [-0.2, 0) is 5.75 Å². The van der Waals surface area contributed by atoms with Gasteiger partial charge in [-0.05, 0) is 31.4 Å². The van der Waals surface area contributed by atoms with Crippen LogP contribution in [-0.4, -0.2) is 29.7 Å². The average Bonchev–Trinajstić information content (AvgIpc) is 3.24. The van der Waals surface area contributed by atoms with Crippen LogP contribution in [0.3, 0.4) is 0 Å². The second-order valence-corrected chi connectivity index (χ2v) is 6.82. The fourth-order valence-electron chi connectivity index (χ4n) is 2.15. The van der Waals surface area contributed by atoms with Crippen LogP contribution >= 0.6 is 23.1 Å². The molecule has 4 rings (SSSR count). The van der Waals surface area contributed by atoms with Gasteiger partial charge in [-0.3, -0.25) is 0 Å². The van der Waals surface area contributed by atoms with Crippen molar-refractivity contribution in [2.75, 3.05) is 0 Å². The maximum absolute atomic E-state index is 5.27. The first kappa shape index (κ1) is 14.3. The Hall–Kier alpha value is -2.26. The lowest BCUT2D eigenvalue weighted by Gasteiger charge is -1.97. The first-order valence-electron chi connectivity index (χ1n) is 6.89. The van der Waals surface area contributed by atoms with E-state index in [4.69, 9.17) is 4.52 Å². The second-order valence-electron chi connectivity index (χ2n) is 4.93. The summed E-state index contributed by atoms with van der Waals surface area (Å²) in [7, 11) is 0. The van der Waals surface area contributed by atoms with E-state index in [0.717, 1.165) is 16.3 Å². The van der Waals surface area contributed by atoms with Crippen LogP contribution in [0.15, 0.2) is 33.3 Å². The highest BCUT2D eigenvalue weighted by Crippen LogP contribution is 2.24. The largest absolute Gasteiger partial charge is 0.333 e. The van der Waals surface area contributed by atoms with Crippen LogP contribution in [0.5, 0.6) is 0 Å². The highest BCUT2D eigenvalue weighted by atomic mass is 32.2. The molecule has 0 bridgehead atoms. The number of aromatic nitrogens is 6. The highest BCUT2D eigenvalue weighted by molar-refractivity contribution is 7.98. The third kappa shape index (κ3) is 2.84. The Bertz CT molecular complexity index is 959. The zero-order valence-electron chi connectivity index (χ0n) is 12.4. The van der Waals surface area contributed by atoms with E-state index in [1.165, 1.54) is 11.8 Å². The molecule has 4 aromatic heterocycles. The molecule has 0 unspecified atom stereocenters. The van der Waals surface area contributed by atoms with Crippen molar-refractivity contribution in [3.05, 3.63) is 40.8 Å². The number of thiophene rings is 1. The SMILES string of the molecule is Cc1cc(C)n2nc(SCc3noc(-c4cccs4)n3)nc2n1. The van der Waals surface area contributed by atoms with Gasteiger partial charge in [0.25, 0.3) is 11.7 Å². The standard InChI is InChI=1S/C14H12N6OS2/c1-8-6-9(2)20-13(15-8)17-14(18-20)23-7-11-16-12(21-19-11)10-4-3-5-22-10/h3-6H,7H2,1-2H3. The first-order chi connectivity index (χ1) is 11.2. The quantitative estimate of drug-likeness (QED) is 0.526. The molecule has 0 aliphatic heterocycles. The van der Waals surface area contributed by atoms with Gasteiger partial charge in [0.05, 0.1) is 10.6 Å². The summed E-state index contributed by atoms with van der Waals surface area (Å²) in [6.07, 6.45) is 0. The molecule has 9 heteroatoms. The third-order valence-corrected chi connectivity index (χ3v) is 4.82. The normalized spacial score (nSPS) is 11.4.